The zero-order valence-electron chi connectivity index (χ0n) is 15.1. The summed E-state index contributed by atoms with van der Waals surface area (Å²) in [5.74, 6) is -0.00444. The first-order valence-electron chi connectivity index (χ1n) is 8.85. The van der Waals surface area contributed by atoms with Crippen LogP contribution < -0.4 is 10.6 Å². The van der Waals surface area contributed by atoms with Crippen LogP contribution in [0.1, 0.15) is 30.4 Å². The highest BCUT2D eigenvalue weighted by atomic mass is 32.2. The fraction of sp³-hybridized carbons (Fsp3) is 0.421. The van der Waals surface area contributed by atoms with E-state index in [1.807, 2.05) is 16.8 Å². The summed E-state index contributed by atoms with van der Waals surface area (Å²) in [5, 5.41) is 6.43. The van der Waals surface area contributed by atoms with E-state index in [0.29, 0.717) is 13.0 Å². The van der Waals surface area contributed by atoms with Gasteiger partial charge in [0.15, 0.2) is 5.16 Å². The Bertz CT molecular complexity index is 803. The van der Waals surface area contributed by atoms with E-state index in [-0.39, 0.29) is 17.6 Å². The fourth-order valence-electron chi connectivity index (χ4n) is 2.91. The van der Waals surface area contributed by atoms with Gasteiger partial charge in [0.05, 0.1) is 5.75 Å². The number of amides is 2. The molecule has 1 atom stereocenters. The van der Waals surface area contributed by atoms with Crippen LogP contribution >= 0.6 is 11.8 Å². The van der Waals surface area contributed by atoms with Gasteiger partial charge in [-0.15, -0.1) is 0 Å². The summed E-state index contributed by atoms with van der Waals surface area (Å²) < 4.78 is 1.97. The number of benzene rings is 1. The molecule has 1 aromatic carbocycles. The molecule has 138 valence electrons. The molecule has 0 aliphatic carbocycles. The molecule has 1 aliphatic rings. The molecule has 1 aliphatic heterocycles. The first-order valence-corrected chi connectivity index (χ1v) is 9.84. The number of hydrogen-bond acceptors (Lipinski definition) is 4. The standard InChI is InChI=1S/C19H24N4O2S/c1-13-6-7-15(11-14(13)2)23-10-9-21-19(23)26-12-17(24)22-16-5-3-4-8-20-18(16)25/h6-7,9-11,16H,3-5,8,12H2,1-2H3,(H,20,25)(H,22,24)/t16-/m0/s1. The number of carbonyl (C=O) groups is 2. The Morgan fingerprint density at radius 1 is 1.35 bits per heavy atom. The lowest BCUT2D eigenvalue weighted by atomic mass is 10.1. The molecule has 1 aromatic heterocycles. The van der Waals surface area contributed by atoms with Crippen LogP contribution in [0.3, 0.4) is 0 Å². The third kappa shape index (κ3) is 4.46. The van der Waals surface area contributed by atoms with E-state index in [9.17, 15) is 9.59 Å². The van der Waals surface area contributed by atoms with Crippen molar-refractivity contribution in [1.82, 2.24) is 20.2 Å². The summed E-state index contributed by atoms with van der Waals surface area (Å²) in [7, 11) is 0. The maximum Gasteiger partial charge on any atom is 0.242 e. The SMILES string of the molecule is Cc1ccc(-n2ccnc2SCC(=O)N[C@H]2CCCCNC2=O)cc1C. The third-order valence-electron chi connectivity index (χ3n) is 4.58. The number of imidazole rings is 1. The molecule has 3 rings (SSSR count). The monoisotopic (exact) mass is 372 g/mol. The topological polar surface area (TPSA) is 76.0 Å². The lowest BCUT2D eigenvalue weighted by Gasteiger charge is -2.15. The van der Waals surface area contributed by atoms with Gasteiger partial charge in [-0.2, -0.15) is 0 Å². The van der Waals surface area contributed by atoms with Crippen LogP contribution in [-0.4, -0.2) is 39.7 Å². The Kier molecular flexibility index (Phi) is 5.98. The van der Waals surface area contributed by atoms with E-state index in [1.54, 1.807) is 6.20 Å². The van der Waals surface area contributed by atoms with Gasteiger partial charge in [0.25, 0.3) is 0 Å². The number of aryl methyl sites for hydroxylation is 2. The average molecular weight is 372 g/mol. The number of rotatable bonds is 5. The van der Waals surface area contributed by atoms with Crippen LogP contribution in [0, 0.1) is 13.8 Å². The highest BCUT2D eigenvalue weighted by Gasteiger charge is 2.22. The molecule has 2 N–H and O–H groups in total. The molecule has 1 fully saturated rings. The van der Waals surface area contributed by atoms with E-state index in [4.69, 9.17) is 0 Å². The highest BCUT2D eigenvalue weighted by molar-refractivity contribution is 7.99. The van der Waals surface area contributed by atoms with Crippen LogP contribution in [0.15, 0.2) is 35.7 Å². The largest absolute Gasteiger partial charge is 0.354 e. The normalized spacial score (nSPS) is 17.5. The zero-order chi connectivity index (χ0) is 18.5. The van der Waals surface area contributed by atoms with Crippen molar-refractivity contribution in [2.75, 3.05) is 12.3 Å². The van der Waals surface area contributed by atoms with Gasteiger partial charge in [-0.3, -0.25) is 14.2 Å². The molecule has 26 heavy (non-hydrogen) atoms. The van der Waals surface area contributed by atoms with Gasteiger partial charge in [0.2, 0.25) is 11.8 Å². The number of hydrogen-bond donors (Lipinski definition) is 2. The van der Waals surface area contributed by atoms with Crippen LogP contribution in [0.4, 0.5) is 0 Å². The second kappa shape index (κ2) is 8.40. The van der Waals surface area contributed by atoms with Crippen LogP contribution in [0.5, 0.6) is 0 Å². The van der Waals surface area contributed by atoms with E-state index in [1.165, 1.54) is 22.9 Å². The molecule has 0 spiro atoms. The minimum Gasteiger partial charge on any atom is -0.354 e. The minimum absolute atomic E-state index is 0.0857. The second-order valence-electron chi connectivity index (χ2n) is 6.54. The fourth-order valence-corrected chi connectivity index (χ4v) is 3.70. The Morgan fingerprint density at radius 2 is 2.19 bits per heavy atom. The van der Waals surface area contributed by atoms with E-state index >= 15 is 0 Å². The van der Waals surface area contributed by atoms with E-state index in [0.717, 1.165) is 23.7 Å². The second-order valence-corrected chi connectivity index (χ2v) is 7.49. The summed E-state index contributed by atoms with van der Waals surface area (Å²) in [4.78, 5) is 28.6. The molecule has 0 radical (unpaired) electrons. The lowest BCUT2D eigenvalue weighted by Crippen LogP contribution is -2.46. The molecule has 0 saturated carbocycles. The maximum absolute atomic E-state index is 12.3. The molecule has 6 nitrogen and oxygen atoms in total. The van der Waals surface area contributed by atoms with E-state index < -0.39 is 6.04 Å². The number of nitrogens with zero attached hydrogens (tertiary/aromatic N) is 2. The number of aromatic nitrogens is 2. The van der Waals surface area contributed by atoms with Gasteiger partial charge in [-0.1, -0.05) is 17.8 Å². The van der Waals surface area contributed by atoms with Gasteiger partial charge >= 0.3 is 0 Å². The first kappa shape index (κ1) is 18.5. The minimum atomic E-state index is -0.426. The quantitative estimate of drug-likeness (QED) is 0.790. The molecule has 0 bridgehead atoms. The van der Waals surface area contributed by atoms with Crippen molar-refractivity contribution in [2.24, 2.45) is 0 Å². The van der Waals surface area contributed by atoms with Crippen molar-refractivity contribution in [3.63, 3.8) is 0 Å². The Morgan fingerprint density at radius 3 is 3.00 bits per heavy atom. The molecular weight excluding hydrogens is 348 g/mol. The smallest absolute Gasteiger partial charge is 0.242 e. The summed E-state index contributed by atoms with van der Waals surface area (Å²) >= 11 is 1.37. The number of thioether (sulfide) groups is 1. The number of nitrogens with one attached hydrogen (secondary N) is 2. The maximum atomic E-state index is 12.3. The van der Waals surface area contributed by atoms with Crippen molar-refractivity contribution < 1.29 is 9.59 Å². The van der Waals surface area contributed by atoms with Crippen LogP contribution in [0.25, 0.3) is 5.69 Å². The van der Waals surface area contributed by atoms with Crippen LogP contribution in [0.2, 0.25) is 0 Å². The Labute approximate surface area is 157 Å². The van der Waals surface area contributed by atoms with Gasteiger partial charge in [-0.05, 0) is 56.4 Å². The predicted molar refractivity (Wildman–Crippen MR) is 103 cm³/mol. The number of carbonyl (C=O) groups excluding carboxylic acids is 2. The molecule has 0 unspecified atom stereocenters. The predicted octanol–water partition coefficient (Wildman–Crippen LogP) is 2.37. The van der Waals surface area contributed by atoms with Crippen molar-refractivity contribution in [2.45, 2.75) is 44.3 Å². The molecule has 2 amide bonds. The third-order valence-corrected chi connectivity index (χ3v) is 5.55. The van der Waals surface area contributed by atoms with Crippen LogP contribution in [-0.2, 0) is 9.59 Å². The molecular formula is C19H24N4O2S. The highest BCUT2D eigenvalue weighted by Crippen LogP contribution is 2.22. The summed E-state index contributed by atoms with van der Waals surface area (Å²) in [6.45, 7) is 4.85. The van der Waals surface area contributed by atoms with Gasteiger partial charge in [-0.25, -0.2) is 4.98 Å². The summed E-state index contributed by atoms with van der Waals surface area (Å²) in [5.41, 5.74) is 3.48. The lowest BCUT2D eigenvalue weighted by molar-refractivity contribution is -0.127. The first-order chi connectivity index (χ1) is 12.5. The summed E-state index contributed by atoms with van der Waals surface area (Å²) in [6, 6.07) is 5.81. The van der Waals surface area contributed by atoms with Crippen molar-refractivity contribution in [1.29, 1.82) is 0 Å². The van der Waals surface area contributed by atoms with Gasteiger partial charge in [0.1, 0.15) is 6.04 Å². The average Bonchev–Trinajstić information content (AvgIpc) is 3.00. The van der Waals surface area contributed by atoms with Crippen molar-refractivity contribution >= 4 is 23.6 Å². The molecule has 2 heterocycles. The Hall–Kier alpha value is -2.28. The molecule has 7 heteroatoms. The molecule has 1 saturated heterocycles. The van der Waals surface area contributed by atoms with Gasteiger partial charge < -0.3 is 10.6 Å². The van der Waals surface area contributed by atoms with Gasteiger partial charge in [0, 0.05) is 24.6 Å². The van der Waals surface area contributed by atoms with Crippen molar-refractivity contribution in [3.05, 3.63) is 41.7 Å². The Balaban J connectivity index is 1.61. The van der Waals surface area contributed by atoms with Crippen molar-refractivity contribution in [3.8, 4) is 5.69 Å². The molecule has 2 aromatic rings. The van der Waals surface area contributed by atoms with E-state index in [2.05, 4.69) is 41.6 Å². The zero-order valence-corrected chi connectivity index (χ0v) is 15.9. The summed E-state index contributed by atoms with van der Waals surface area (Å²) in [6.07, 6.45) is 6.21.